The number of aryl methyl sites for hydroxylation is 1. The van der Waals surface area contributed by atoms with Gasteiger partial charge in [-0.25, -0.2) is 0 Å². The van der Waals surface area contributed by atoms with Crippen LogP contribution < -0.4 is 15.8 Å². The van der Waals surface area contributed by atoms with Crippen molar-refractivity contribution >= 4 is 5.91 Å². The van der Waals surface area contributed by atoms with E-state index in [-0.39, 0.29) is 11.9 Å². The molecule has 0 bridgehead atoms. The van der Waals surface area contributed by atoms with Crippen LogP contribution in [0.1, 0.15) is 31.7 Å². The van der Waals surface area contributed by atoms with Crippen LogP contribution in [0.15, 0.2) is 24.3 Å². The third-order valence-corrected chi connectivity index (χ3v) is 3.36. The highest BCUT2D eigenvalue weighted by Crippen LogP contribution is 2.20. The SMILES string of the molecule is CCc1ccc(OCCC(NC2CC2)C(N)=O)cc1. The molecule has 0 spiro atoms. The van der Waals surface area contributed by atoms with Crippen molar-refractivity contribution in [2.24, 2.45) is 5.73 Å². The summed E-state index contributed by atoms with van der Waals surface area (Å²) in [5.74, 6) is 0.545. The standard InChI is InChI=1S/C15H22N2O2/c1-2-11-3-7-13(8-4-11)19-10-9-14(15(16)18)17-12-5-6-12/h3-4,7-8,12,14,17H,2,5-6,9-10H2,1H3,(H2,16,18). The first kappa shape index (κ1) is 13.9. The maximum Gasteiger partial charge on any atom is 0.234 e. The van der Waals surface area contributed by atoms with Crippen LogP contribution in [0.25, 0.3) is 0 Å². The molecule has 4 nitrogen and oxygen atoms in total. The van der Waals surface area contributed by atoms with Gasteiger partial charge in [-0.15, -0.1) is 0 Å². The summed E-state index contributed by atoms with van der Waals surface area (Å²) in [5, 5.41) is 3.24. The Kier molecular flexibility index (Phi) is 4.80. The van der Waals surface area contributed by atoms with Crippen molar-refractivity contribution in [3.63, 3.8) is 0 Å². The Labute approximate surface area is 114 Å². The van der Waals surface area contributed by atoms with Crippen LogP contribution in [-0.2, 0) is 11.2 Å². The topological polar surface area (TPSA) is 64.3 Å². The van der Waals surface area contributed by atoms with Gasteiger partial charge in [0, 0.05) is 12.5 Å². The number of hydrogen-bond donors (Lipinski definition) is 2. The lowest BCUT2D eigenvalue weighted by molar-refractivity contribution is -0.120. The molecule has 0 aromatic heterocycles. The predicted molar refractivity (Wildman–Crippen MR) is 75.1 cm³/mol. The first-order valence-electron chi connectivity index (χ1n) is 6.96. The fourth-order valence-electron chi connectivity index (χ4n) is 1.96. The molecule has 0 aliphatic heterocycles. The van der Waals surface area contributed by atoms with Gasteiger partial charge in [0.2, 0.25) is 5.91 Å². The van der Waals surface area contributed by atoms with E-state index in [1.54, 1.807) is 0 Å². The van der Waals surface area contributed by atoms with Crippen LogP contribution in [0.2, 0.25) is 0 Å². The summed E-state index contributed by atoms with van der Waals surface area (Å²) in [4.78, 5) is 11.3. The maximum absolute atomic E-state index is 11.3. The van der Waals surface area contributed by atoms with Gasteiger partial charge >= 0.3 is 0 Å². The Hall–Kier alpha value is -1.55. The quantitative estimate of drug-likeness (QED) is 0.748. The molecular weight excluding hydrogens is 240 g/mol. The van der Waals surface area contributed by atoms with E-state index in [0.717, 1.165) is 25.0 Å². The van der Waals surface area contributed by atoms with Crippen LogP contribution in [0.5, 0.6) is 5.75 Å². The van der Waals surface area contributed by atoms with Crippen LogP contribution in [0.3, 0.4) is 0 Å². The molecule has 1 atom stereocenters. The van der Waals surface area contributed by atoms with Gasteiger partial charge in [-0.1, -0.05) is 19.1 Å². The van der Waals surface area contributed by atoms with Gasteiger partial charge in [0.05, 0.1) is 12.6 Å². The minimum atomic E-state index is -0.295. The molecule has 0 saturated heterocycles. The molecular formula is C15H22N2O2. The zero-order chi connectivity index (χ0) is 13.7. The molecule has 0 radical (unpaired) electrons. The number of primary amides is 1. The van der Waals surface area contributed by atoms with Crippen molar-refractivity contribution in [1.82, 2.24) is 5.32 Å². The lowest BCUT2D eigenvalue weighted by Gasteiger charge is -2.15. The number of nitrogens with one attached hydrogen (secondary N) is 1. The smallest absolute Gasteiger partial charge is 0.234 e. The van der Waals surface area contributed by atoms with Crippen molar-refractivity contribution in [3.05, 3.63) is 29.8 Å². The number of carbonyl (C=O) groups is 1. The van der Waals surface area contributed by atoms with Crippen molar-refractivity contribution in [3.8, 4) is 5.75 Å². The summed E-state index contributed by atoms with van der Waals surface area (Å²) in [6.07, 6.45) is 3.92. The van der Waals surface area contributed by atoms with E-state index in [9.17, 15) is 4.79 Å². The second-order valence-electron chi connectivity index (χ2n) is 5.03. The summed E-state index contributed by atoms with van der Waals surface area (Å²) >= 11 is 0. The number of benzene rings is 1. The van der Waals surface area contributed by atoms with E-state index in [0.29, 0.717) is 19.1 Å². The summed E-state index contributed by atoms with van der Waals surface area (Å²) in [5.41, 5.74) is 6.66. The third-order valence-electron chi connectivity index (χ3n) is 3.36. The highest BCUT2D eigenvalue weighted by molar-refractivity contribution is 5.79. The van der Waals surface area contributed by atoms with E-state index < -0.39 is 0 Å². The lowest BCUT2D eigenvalue weighted by Crippen LogP contribution is -2.43. The number of rotatable bonds is 8. The van der Waals surface area contributed by atoms with E-state index in [1.165, 1.54) is 5.56 Å². The second kappa shape index (κ2) is 6.57. The first-order valence-corrected chi connectivity index (χ1v) is 6.96. The average molecular weight is 262 g/mol. The normalized spacial score (nSPS) is 16.1. The maximum atomic E-state index is 11.3. The van der Waals surface area contributed by atoms with Gasteiger partial charge in [-0.2, -0.15) is 0 Å². The molecule has 1 amide bonds. The van der Waals surface area contributed by atoms with E-state index in [4.69, 9.17) is 10.5 Å². The second-order valence-corrected chi connectivity index (χ2v) is 5.03. The molecule has 0 heterocycles. The van der Waals surface area contributed by atoms with Crippen LogP contribution >= 0.6 is 0 Å². The summed E-state index contributed by atoms with van der Waals surface area (Å²) in [6.45, 7) is 2.62. The number of nitrogens with two attached hydrogens (primary N) is 1. The van der Waals surface area contributed by atoms with Gasteiger partial charge in [-0.3, -0.25) is 4.79 Å². The molecule has 1 unspecified atom stereocenters. The van der Waals surface area contributed by atoms with E-state index in [1.807, 2.05) is 12.1 Å². The zero-order valence-corrected chi connectivity index (χ0v) is 11.4. The molecule has 104 valence electrons. The average Bonchev–Trinajstić information content (AvgIpc) is 3.22. The molecule has 4 heteroatoms. The Bertz CT molecular complexity index is 413. The minimum Gasteiger partial charge on any atom is -0.494 e. The number of hydrogen-bond acceptors (Lipinski definition) is 3. The van der Waals surface area contributed by atoms with Crippen molar-refractivity contribution in [2.45, 2.75) is 44.7 Å². The molecule has 1 saturated carbocycles. The van der Waals surface area contributed by atoms with E-state index >= 15 is 0 Å². The molecule has 1 aliphatic carbocycles. The fourth-order valence-corrected chi connectivity index (χ4v) is 1.96. The Morgan fingerprint density at radius 2 is 2.11 bits per heavy atom. The van der Waals surface area contributed by atoms with Gasteiger partial charge < -0.3 is 15.8 Å². The molecule has 1 aromatic carbocycles. The first-order chi connectivity index (χ1) is 9.19. The zero-order valence-electron chi connectivity index (χ0n) is 11.4. The van der Waals surface area contributed by atoms with Crippen molar-refractivity contribution < 1.29 is 9.53 Å². The summed E-state index contributed by atoms with van der Waals surface area (Å²) in [6, 6.07) is 8.25. The summed E-state index contributed by atoms with van der Waals surface area (Å²) < 4.78 is 5.64. The molecule has 3 N–H and O–H groups in total. The Morgan fingerprint density at radius 3 is 2.63 bits per heavy atom. The van der Waals surface area contributed by atoms with Crippen molar-refractivity contribution in [2.75, 3.05) is 6.61 Å². The monoisotopic (exact) mass is 262 g/mol. The third kappa shape index (κ3) is 4.56. The molecule has 1 fully saturated rings. The molecule has 1 aliphatic rings. The predicted octanol–water partition coefficient (Wildman–Crippen LogP) is 1.62. The number of amides is 1. The largest absolute Gasteiger partial charge is 0.494 e. The number of ether oxygens (including phenoxy) is 1. The Balaban J connectivity index is 1.75. The van der Waals surface area contributed by atoms with Crippen LogP contribution in [-0.4, -0.2) is 24.6 Å². The summed E-state index contributed by atoms with van der Waals surface area (Å²) in [7, 11) is 0. The van der Waals surface area contributed by atoms with E-state index in [2.05, 4.69) is 24.4 Å². The molecule has 2 rings (SSSR count). The van der Waals surface area contributed by atoms with Crippen LogP contribution in [0, 0.1) is 0 Å². The molecule has 19 heavy (non-hydrogen) atoms. The van der Waals surface area contributed by atoms with Crippen molar-refractivity contribution in [1.29, 1.82) is 0 Å². The van der Waals surface area contributed by atoms with Gasteiger partial charge in [-0.05, 0) is 37.0 Å². The minimum absolute atomic E-state index is 0.276. The number of carbonyl (C=O) groups excluding carboxylic acids is 1. The van der Waals surface area contributed by atoms with Gasteiger partial charge in [0.1, 0.15) is 5.75 Å². The lowest BCUT2D eigenvalue weighted by atomic mass is 10.2. The highest BCUT2D eigenvalue weighted by atomic mass is 16.5. The van der Waals surface area contributed by atoms with Crippen LogP contribution in [0.4, 0.5) is 0 Å². The fraction of sp³-hybridized carbons (Fsp3) is 0.533. The Morgan fingerprint density at radius 1 is 1.42 bits per heavy atom. The molecule has 1 aromatic rings. The van der Waals surface area contributed by atoms with Gasteiger partial charge in [0.25, 0.3) is 0 Å². The van der Waals surface area contributed by atoms with Gasteiger partial charge in [0.15, 0.2) is 0 Å². The highest BCUT2D eigenvalue weighted by Gasteiger charge is 2.26.